The molecule has 6 heteroatoms. The number of carbonyl (C=O) groups excluding carboxylic acids is 1. The van der Waals surface area contributed by atoms with Crippen LogP contribution in [0.3, 0.4) is 0 Å². The van der Waals surface area contributed by atoms with E-state index < -0.39 is 0 Å². The van der Waals surface area contributed by atoms with Crippen molar-refractivity contribution in [2.75, 3.05) is 18.5 Å². The maximum Gasteiger partial charge on any atom is 0.271 e. The Bertz CT molecular complexity index is 766. The van der Waals surface area contributed by atoms with Crippen molar-refractivity contribution in [2.24, 2.45) is 0 Å². The van der Waals surface area contributed by atoms with Crippen molar-refractivity contribution in [3.8, 4) is 0 Å². The Labute approximate surface area is 134 Å². The maximum absolute atomic E-state index is 12.2. The Morgan fingerprint density at radius 3 is 2.83 bits per heavy atom. The highest BCUT2D eigenvalue weighted by molar-refractivity contribution is 5.93. The van der Waals surface area contributed by atoms with Crippen LogP contribution < -0.4 is 10.2 Å². The fourth-order valence-electron chi connectivity index (χ4n) is 2.33. The zero-order chi connectivity index (χ0) is 16.2. The molecule has 0 radical (unpaired) electrons. The van der Waals surface area contributed by atoms with Crippen molar-refractivity contribution in [1.82, 2.24) is 19.9 Å². The minimum Gasteiger partial charge on any atom is -0.370 e. The van der Waals surface area contributed by atoms with Crippen LogP contribution in [0.4, 0.5) is 5.69 Å². The quantitative estimate of drug-likeness (QED) is 0.783. The summed E-state index contributed by atoms with van der Waals surface area (Å²) in [4.78, 5) is 18.5. The van der Waals surface area contributed by atoms with Crippen LogP contribution in [-0.4, -0.2) is 40.1 Å². The van der Waals surface area contributed by atoms with Crippen molar-refractivity contribution >= 4 is 17.2 Å². The van der Waals surface area contributed by atoms with E-state index >= 15 is 0 Å². The number of fused-ring (bicyclic) bond motifs is 1. The van der Waals surface area contributed by atoms with E-state index in [-0.39, 0.29) is 11.9 Å². The Kier molecular flexibility index (Phi) is 4.23. The van der Waals surface area contributed by atoms with Gasteiger partial charge in [0.1, 0.15) is 0 Å². The van der Waals surface area contributed by atoms with Gasteiger partial charge >= 0.3 is 0 Å². The number of hydrogen-bond donors (Lipinski definition) is 1. The number of likely N-dealkylation sites (N-methyl/N-ethyl adjacent to an activating group) is 1. The molecule has 3 rings (SSSR count). The van der Waals surface area contributed by atoms with Gasteiger partial charge in [-0.05, 0) is 25.1 Å². The lowest BCUT2D eigenvalue weighted by Gasteiger charge is -2.27. The van der Waals surface area contributed by atoms with Crippen LogP contribution in [-0.2, 0) is 0 Å². The van der Waals surface area contributed by atoms with Crippen LogP contribution in [0.25, 0.3) is 5.65 Å². The zero-order valence-corrected chi connectivity index (χ0v) is 13.2. The van der Waals surface area contributed by atoms with E-state index in [1.807, 2.05) is 37.4 Å². The second kappa shape index (κ2) is 6.48. The summed E-state index contributed by atoms with van der Waals surface area (Å²) in [6.07, 6.45) is 3.44. The normalized spacial score (nSPS) is 12.1. The van der Waals surface area contributed by atoms with Crippen LogP contribution in [0.5, 0.6) is 0 Å². The third-order valence-corrected chi connectivity index (χ3v) is 3.85. The van der Waals surface area contributed by atoms with Gasteiger partial charge in [-0.25, -0.2) is 9.50 Å². The minimum absolute atomic E-state index is 0.163. The summed E-state index contributed by atoms with van der Waals surface area (Å²) >= 11 is 0. The number of rotatable bonds is 5. The molecule has 1 atom stereocenters. The Morgan fingerprint density at radius 1 is 1.30 bits per heavy atom. The molecule has 0 fully saturated rings. The molecular weight excluding hydrogens is 290 g/mol. The number of nitrogens with zero attached hydrogens (tertiary/aromatic N) is 4. The fourth-order valence-corrected chi connectivity index (χ4v) is 2.33. The van der Waals surface area contributed by atoms with Gasteiger partial charge in [-0.1, -0.05) is 18.2 Å². The molecular formula is C17H19N5O. The van der Waals surface area contributed by atoms with E-state index in [1.54, 1.807) is 29.0 Å². The molecule has 1 amide bonds. The molecule has 23 heavy (non-hydrogen) atoms. The number of hydrogen-bond acceptors (Lipinski definition) is 4. The van der Waals surface area contributed by atoms with Crippen LogP contribution >= 0.6 is 0 Å². The molecule has 118 valence electrons. The van der Waals surface area contributed by atoms with Crippen molar-refractivity contribution in [3.63, 3.8) is 0 Å². The minimum atomic E-state index is -0.191. The highest BCUT2D eigenvalue weighted by Crippen LogP contribution is 2.13. The second-order valence-corrected chi connectivity index (χ2v) is 5.46. The Hall–Kier alpha value is -2.89. The van der Waals surface area contributed by atoms with Gasteiger partial charge in [0.2, 0.25) is 0 Å². The summed E-state index contributed by atoms with van der Waals surface area (Å²) < 4.78 is 1.59. The number of aromatic nitrogens is 3. The predicted molar refractivity (Wildman–Crippen MR) is 89.6 cm³/mol. The van der Waals surface area contributed by atoms with Gasteiger partial charge in [-0.2, -0.15) is 5.10 Å². The molecule has 2 aromatic heterocycles. The summed E-state index contributed by atoms with van der Waals surface area (Å²) in [5.41, 5.74) is 2.15. The number of benzene rings is 1. The van der Waals surface area contributed by atoms with Crippen molar-refractivity contribution in [3.05, 3.63) is 60.6 Å². The van der Waals surface area contributed by atoms with Gasteiger partial charge in [0, 0.05) is 43.8 Å². The summed E-state index contributed by atoms with van der Waals surface area (Å²) in [7, 11) is 2.01. The van der Waals surface area contributed by atoms with Gasteiger partial charge in [-0.3, -0.25) is 4.79 Å². The highest BCUT2D eigenvalue weighted by atomic mass is 16.1. The van der Waals surface area contributed by atoms with Crippen LogP contribution in [0, 0.1) is 0 Å². The summed E-state index contributed by atoms with van der Waals surface area (Å²) in [6, 6.07) is 13.7. The fraction of sp³-hybridized carbons (Fsp3) is 0.235. The van der Waals surface area contributed by atoms with Crippen LogP contribution in [0.1, 0.15) is 17.4 Å². The average Bonchev–Trinajstić information content (AvgIpc) is 3.03. The summed E-state index contributed by atoms with van der Waals surface area (Å²) in [5, 5.41) is 7.15. The topological polar surface area (TPSA) is 62.5 Å². The summed E-state index contributed by atoms with van der Waals surface area (Å²) in [6.45, 7) is 2.60. The van der Waals surface area contributed by atoms with Gasteiger partial charge in [0.05, 0.1) is 0 Å². The first kappa shape index (κ1) is 15.0. The van der Waals surface area contributed by atoms with E-state index in [0.717, 1.165) is 5.69 Å². The number of para-hydroxylation sites is 1. The summed E-state index contributed by atoms with van der Waals surface area (Å²) in [5.74, 6) is -0.191. The standard InChI is InChI=1S/C17H19N5O/c1-13(21(2)14-7-4-3-5-8-14)12-19-17(23)15-11-16-18-9-6-10-22(16)20-15/h3-11,13H,12H2,1-2H3,(H,19,23). The molecule has 0 aliphatic rings. The molecule has 6 nitrogen and oxygen atoms in total. The first-order chi connectivity index (χ1) is 11.1. The van der Waals surface area contributed by atoms with Gasteiger partial charge in [-0.15, -0.1) is 0 Å². The van der Waals surface area contributed by atoms with Crippen molar-refractivity contribution < 1.29 is 4.79 Å². The number of carbonyl (C=O) groups is 1. The number of anilines is 1. The average molecular weight is 309 g/mol. The SMILES string of the molecule is CC(CNC(=O)c1cc2ncccn2n1)N(C)c1ccccc1. The lowest BCUT2D eigenvalue weighted by atomic mass is 10.2. The maximum atomic E-state index is 12.2. The van der Waals surface area contributed by atoms with E-state index in [0.29, 0.717) is 17.9 Å². The molecule has 1 unspecified atom stereocenters. The molecule has 3 aromatic rings. The molecule has 0 saturated carbocycles. The Balaban J connectivity index is 1.62. The third kappa shape index (κ3) is 3.31. The van der Waals surface area contributed by atoms with Crippen LogP contribution in [0.15, 0.2) is 54.9 Å². The number of nitrogens with one attached hydrogen (secondary N) is 1. The van der Waals surface area contributed by atoms with E-state index in [4.69, 9.17) is 0 Å². The zero-order valence-electron chi connectivity index (χ0n) is 13.2. The molecule has 0 aliphatic carbocycles. The largest absolute Gasteiger partial charge is 0.370 e. The molecule has 0 aliphatic heterocycles. The monoisotopic (exact) mass is 309 g/mol. The lowest BCUT2D eigenvalue weighted by molar-refractivity contribution is 0.0946. The van der Waals surface area contributed by atoms with Gasteiger partial charge in [0.25, 0.3) is 5.91 Å². The molecule has 2 heterocycles. The van der Waals surface area contributed by atoms with E-state index in [1.165, 1.54) is 0 Å². The molecule has 0 bridgehead atoms. The molecule has 1 aromatic carbocycles. The smallest absolute Gasteiger partial charge is 0.271 e. The van der Waals surface area contributed by atoms with Crippen molar-refractivity contribution in [1.29, 1.82) is 0 Å². The van der Waals surface area contributed by atoms with Crippen LogP contribution in [0.2, 0.25) is 0 Å². The van der Waals surface area contributed by atoms with E-state index in [9.17, 15) is 4.79 Å². The predicted octanol–water partition coefficient (Wildman–Crippen LogP) is 1.98. The van der Waals surface area contributed by atoms with Crippen molar-refractivity contribution in [2.45, 2.75) is 13.0 Å². The second-order valence-electron chi connectivity index (χ2n) is 5.46. The number of amides is 1. The first-order valence-electron chi connectivity index (χ1n) is 7.51. The van der Waals surface area contributed by atoms with E-state index in [2.05, 4.69) is 27.2 Å². The molecule has 0 saturated heterocycles. The first-order valence-corrected chi connectivity index (χ1v) is 7.51. The molecule has 0 spiro atoms. The lowest BCUT2D eigenvalue weighted by Crippen LogP contribution is -2.40. The van der Waals surface area contributed by atoms with Gasteiger partial charge < -0.3 is 10.2 Å². The Morgan fingerprint density at radius 2 is 2.09 bits per heavy atom. The third-order valence-electron chi connectivity index (χ3n) is 3.85. The van der Waals surface area contributed by atoms with Gasteiger partial charge in [0.15, 0.2) is 11.3 Å². The molecule has 1 N–H and O–H groups in total. The highest BCUT2D eigenvalue weighted by Gasteiger charge is 2.14.